The van der Waals surface area contributed by atoms with Crippen molar-refractivity contribution in [3.05, 3.63) is 77.8 Å². The van der Waals surface area contributed by atoms with Crippen molar-refractivity contribution in [2.24, 2.45) is 0 Å². The van der Waals surface area contributed by atoms with E-state index in [1.54, 1.807) is 30.3 Å². The molecule has 0 bridgehead atoms. The molecule has 6 heteroatoms. The third kappa shape index (κ3) is 4.16. The lowest BCUT2D eigenvalue weighted by molar-refractivity contribution is -0.116. The third-order valence-corrected chi connectivity index (χ3v) is 3.84. The van der Waals surface area contributed by atoms with E-state index in [2.05, 4.69) is 15.4 Å². The highest BCUT2D eigenvalue weighted by Crippen LogP contribution is 2.20. The van der Waals surface area contributed by atoms with Crippen molar-refractivity contribution in [2.45, 2.75) is 13.5 Å². The predicted octanol–water partition coefficient (Wildman–Crippen LogP) is 2.91. The summed E-state index contributed by atoms with van der Waals surface area (Å²) in [6.45, 7) is 2.35. The number of nitrogens with one attached hydrogen (secondary N) is 1. The van der Waals surface area contributed by atoms with Crippen LogP contribution < -0.4 is 10.1 Å². The summed E-state index contributed by atoms with van der Waals surface area (Å²) in [6, 6.07) is 11.4. The molecule has 1 aromatic carbocycles. The summed E-state index contributed by atoms with van der Waals surface area (Å²) in [6.07, 6.45) is 8.46. The standard InChI is InChI=1S/C20H20N4O2/c1-15-6-8-18(26-2)16(13-15)7-9-19(25)22-14-17-5-3-10-21-20(17)24-12-4-11-23-24/h3-13H,14H2,1-2H3,(H,22,25)/b9-7+. The Balaban J connectivity index is 1.68. The van der Waals surface area contributed by atoms with Crippen molar-refractivity contribution >= 4 is 12.0 Å². The van der Waals surface area contributed by atoms with Crippen LogP contribution in [0.15, 0.2) is 61.1 Å². The van der Waals surface area contributed by atoms with Gasteiger partial charge in [0, 0.05) is 42.3 Å². The van der Waals surface area contributed by atoms with Crippen LogP contribution in [0, 0.1) is 6.92 Å². The molecule has 1 amide bonds. The minimum absolute atomic E-state index is 0.191. The van der Waals surface area contributed by atoms with Crippen molar-refractivity contribution in [1.29, 1.82) is 0 Å². The van der Waals surface area contributed by atoms with Gasteiger partial charge in [0.2, 0.25) is 5.91 Å². The fourth-order valence-corrected chi connectivity index (χ4v) is 2.56. The fourth-order valence-electron chi connectivity index (χ4n) is 2.56. The van der Waals surface area contributed by atoms with E-state index in [-0.39, 0.29) is 5.91 Å². The number of methoxy groups -OCH3 is 1. The molecule has 6 nitrogen and oxygen atoms in total. The summed E-state index contributed by atoms with van der Waals surface area (Å²) in [5.41, 5.74) is 2.84. The number of benzene rings is 1. The highest BCUT2D eigenvalue weighted by atomic mass is 16.5. The van der Waals surface area contributed by atoms with Crippen molar-refractivity contribution in [2.75, 3.05) is 7.11 Å². The molecule has 132 valence electrons. The van der Waals surface area contributed by atoms with Gasteiger partial charge in [0.25, 0.3) is 0 Å². The summed E-state index contributed by atoms with van der Waals surface area (Å²) < 4.78 is 6.99. The highest BCUT2D eigenvalue weighted by Gasteiger charge is 2.07. The average Bonchev–Trinajstić information content (AvgIpc) is 3.19. The summed E-state index contributed by atoms with van der Waals surface area (Å²) in [5, 5.41) is 7.07. The molecule has 0 aliphatic heterocycles. The maximum absolute atomic E-state index is 12.2. The predicted molar refractivity (Wildman–Crippen MR) is 100.0 cm³/mol. The Morgan fingerprint density at radius 1 is 1.27 bits per heavy atom. The van der Waals surface area contributed by atoms with Crippen LogP contribution in [0.3, 0.4) is 0 Å². The van der Waals surface area contributed by atoms with Crippen LogP contribution in [0.1, 0.15) is 16.7 Å². The lowest BCUT2D eigenvalue weighted by Gasteiger charge is -2.09. The zero-order valence-corrected chi connectivity index (χ0v) is 14.7. The van der Waals surface area contributed by atoms with Crippen LogP contribution in [0.25, 0.3) is 11.9 Å². The third-order valence-electron chi connectivity index (χ3n) is 3.84. The summed E-state index contributed by atoms with van der Waals surface area (Å²) in [5.74, 6) is 1.24. The number of pyridine rings is 1. The SMILES string of the molecule is COc1ccc(C)cc1/C=C/C(=O)NCc1cccnc1-n1cccn1. The van der Waals surface area contributed by atoms with Crippen LogP contribution in [0.2, 0.25) is 0 Å². The normalized spacial score (nSPS) is 10.8. The molecule has 0 unspecified atom stereocenters. The maximum atomic E-state index is 12.2. The van der Waals surface area contributed by atoms with Crippen molar-refractivity contribution in [1.82, 2.24) is 20.1 Å². The minimum Gasteiger partial charge on any atom is -0.496 e. The lowest BCUT2D eigenvalue weighted by atomic mass is 10.1. The molecule has 0 spiro atoms. The number of rotatable bonds is 6. The first-order valence-corrected chi connectivity index (χ1v) is 8.22. The molecule has 3 aromatic rings. The quantitative estimate of drug-likeness (QED) is 0.696. The molecule has 0 aliphatic carbocycles. The Morgan fingerprint density at radius 3 is 2.92 bits per heavy atom. The Kier molecular flexibility index (Phi) is 5.43. The number of hydrogen-bond acceptors (Lipinski definition) is 4. The Morgan fingerprint density at radius 2 is 2.15 bits per heavy atom. The Bertz CT molecular complexity index is 917. The zero-order chi connectivity index (χ0) is 18.4. The topological polar surface area (TPSA) is 69.0 Å². The molecule has 2 aromatic heterocycles. The van der Waals surface area contributed by atoms with Gasteiger partial charge in [-0.15, -0.1) is 0 Å². The van der Waals surface area contributed by atoms with Crippen LogP contribution in [0.4, 0.5) is 0 Å². The number of carbonyl (C=O) groups excluding carboxylic acids is 1. The Labute approximate surface area is 152 Å². The van der Waals surface area contributed by atoms with Crippen molar-refractivity contribution in [3.63, 3.8) is 0 Å². The smallest absolute Gasteiger partial charge is 0.244 e. The van der Waals surface area contributed by atoms with Gasteiger partial charge >= 0.3 is 0 Å². The molecule has 3 rings (SSSR count). The molecule has 26 heavy (non-hydrogen) atoms. The molecule has 2 heterocycles. The van der Waals surface area contributed by atoms with Gasteiger partial charge in [-0.3, -0.25) is 4.79 Å². The van der Waals surface area contributed by atoms with Gasteiger partial charge in [0.05, 0.1) is 7.11 Å². The summed E-state index contributed by atoms with van der Waals surface area (Å²) >= 11 is 0. The molecule has 0 radical (unpaired) electrons. The second kappa shape index (κ2) is 8.11. The molecule has 0 saturated carbocycles. The zero-order valence-electron chi connectivity index (χ0n) is 14.7. The van der Waals surface area contributed by atoms with E-state index in [0.717, 1.165) is 22.4 Å². The first kappa shape index (κ1) is 17.4. The number of aromatic nitrogens is 3. The van der Waals surface area contributed by atoms with E-state index < -0.39 is 0 Å². The van der Waals surface area contributed by atoms with Gasteiger partial charge in [-0.25, -0.2) is 9.67 Å². The first-order valence-electron chi connectivity index (χ1n) is 8.22. The van der Waals surface area contributed by atoms with Gasteiger partial charge in [-0.1, -0.05) is 17.7 Å². The van der Waals surface area contributed by atoms with Crippen LogP contribution in [-0.4, -0.2) is 27.8 Å². The van der Waals surface area contributed by atoms with Gasteiger partial charge in [0.15, 0.2) is 5.82 Å². The second-order valence-electron chi connectivity index (χ2n) is 5.73. The van der Waals surface area contributed by atoms with Crippen LogP contribution in [-0.2, 0) is 11.3 Å². The van der Waals surface area contributed by atoms with Crippen molar-refractivity contribution < 1.29 is 9.53 Å². The number of ether oxygens (including phenoxy) is 1. The summed E-state index contributed by atoms with van der Waals surface area (Å²) in [7, 11) is 1.61. The van der Waals surface area contributed by atoms with E-state index >= 15 is 0 Å². The lowest BCUT2D eigenvalue weighted by Crippen LogP contribution is -2.21. The second-order valence-corrected chi connectivity index (χ2v) is 5.73. The highest BCUT2D eigenvalue weighted by molar-refractivity contribution is 5.92. The minimum atomic E-state index is -0.191. The van der Waals surface area contributed by atoms with E-state index in [1.807, 2.05) is 49.5 Å². The fraction of sp³-hybridized carbons (Fsp3) is 0.150. The molecule has 0 aliphatic rings. The first-order chi connectivity index (χ1) is 12.7. The van der Waals surface area contributed by atoms with Crippen molar-refractivity contribution in [3.8, 4) is 11.6 Å². The molecule has 0 fully saturated rings. The van der Waals surface area contributed by atoms with Gasteiger partial charge in [-0.05, 0) is 37.3 Å². The van der Waals surface area contributed by atoms with E-state index in [0.29, 0.717) is 12.4 Å². The van der Waals surface area contributed by atoms with E-state index in [1.165, 1.54) is 6.08 Å². The maximum Gasteiger partial charge on any atom is 0.244 e. The molecular weight excluding hydrogens is 328 g/mol. The summed E-state index contributed by atoms with van der Waals surface area (Å²) in [4.78, 5) is 16.5. The Hall–Kier alpha value is -3.41. The van der Waals surface area contributed by atoms with Crippen LogP contribution in [0.5, 0.6) is 5.75 Å². The largest absolute Gasteiger partial charge is 0.496 e. The van der Waals surface area contributed by atoms with Gasteiger partial charge in [-0.2, -0.15) is 5.10 Å². The van der Waals surface area contributed by atoms with E-state index in [9.17, 15) is 4.79 Å². The van der Waals surface area contributed by atoms with E-state index in [4.69, 9.17) is 4.74 Å². The average molecular weight is 348 g/mol. The molecule has 0 atom stereocenters. The number of aryl methyl sites for hydroxylation is 1. The van der Waals surface area contributed by atoms with Crippen LogP contribution >= 0.6 is 0 Å². The number of nitrogens with zero attached hydrogens (tertiary/aromatic N) is 3. The van der Waals surface area contributed by atoms with Gasteiger partial charge < -0.3 is 10.1 Å². The molecule has 1 N–H and O–H groups in total. The molecule has 0 saturated heterocycles. The number of hydrogen-bond donors (Lipinski definition) is 1. The number of amides is 1. The van der Waals surface area contributed by atoms with Gasteiger partial charge in [0.1, 0.15) is 5.75 Å². The number of carbonyl (C=O) groups is 1. The molecular formula is C20H20N4O2. The monoisotopic (exact) mass is 348 g/mol.